The number of aryl methyl sites for hydroxylation is 1. The summed E-state index contributed by atoms with van der Waals surface area (Å²) >= 11 is 0. The molecule has 10 nitrogen and oxygen atoms in total. The second-order valence-corrected chi connectivity index (χ2v) is 15.3. The molecule has 7 N–H and O–H groups in total. The Labute approximate surface area is 282 Å². The number of phenolic OH excluding ortho intramolecular Hbond substituents is 2. The molecule has 3 heterocycles. The van der Waals surface area contributed by atoms with Crippen molar-refractivity contribution in [2.75, 3.05) is 5.32 Å². The van der Waals surface area contributed by atoms with Crippen LogP contribution in [0, 0.1) is 43.4 Å². The van der Waals surface area contributed by atoms with Crippen molar-refractivity contribution in [2.45, 2.75) is 124 Å². The fourth-order valence-corrected chi connectivity index (χ4v) is 8.15. The topological polar surface area (TPSA) is 172 Å². The highest BCUT2D eigenvalue weighted by Gasteiger charge is 2.47. The van der Waals surface area contributed by atoms with E-state index >= 15 is 0 Å². The van der Waals surface area contributed by atoms with Crippen molar-refractivity contribution in [3.05, 3.63) is 22.9 Å². The molecule has 0 saturated carbocycles. The van der Waals surface area contributed by atoms with Gasteiger partial charge in [0.05, 0.1) is 40.5 Å². The molecule has 1 aromatic heterocycles. The Morgan fingerprint density at radius 1 is 0.854 bits per heavy atom. The number of nitrogens with one attached hydrogen (secondary N) is 2. The number of aromatic nitrogens is 1. The number of ether oxygens (including phenoxy) is 1. The second-order valence-electron chi connectivity index (χ2n) is 15.3. The Bertz CT molecular complexity index is 1710. The van der Waals surface area contributed by atoms with Gasteiger partial charge in [-0.1, -0.05) is 47.5 Å². The van der Waals surface area contributed by atoms with E-state index in [0.717, 1.165) is 24.8 Å². The maximum Gasteiger partial charge on any atom is 0.227 e. The lowest BCUT2D eigenvalue weighted by atomic mass is 9.78. The number of rotatable bonds is 0. The first-order valence-corrected chi connectivity index (χ1v) is 17.6. The Kier molecular flexibility index (Phi) is 10.1. The largest absolute Gasteiger partial charge is 0.507 e. The van der Waals surface area contributed by atoms with Gasteiger partial charge in [0.2, 0.25) is 11.7 Å². The van der Waals surface area contributed by atoms with Gasteiger partial charge in [-0.3, -0.25) is 9.59 Å². The van der Waals surface area contributed by atoms with Crippen LogP contribution >= 0.6 is 0 Å². The number of carbonyl (C=O) groups is 2. The fraction of sp³-hybridized carbons (Fsp3) is 0.632. The van der Waals surface area contributed by atoms with Crippen LogP contribution in [0.2, 0.25) is 0 Å². The number of phenols is 2. The van der Waals surface area contributed by atoms with Crippen LogP contribution in [0.3, 0.4) is 0 Å². The van der Waals surface area contributed by atoms with Crippen LogP contribution in [-0.4, -0.2) is 66.1 Å². The van der Waals surface area contributed by atoms with E-state index in [1.54, 1.807) is 27.0 Å². The number of hydrogen-bond donors (Lipinski definition) is 7. The number of carbonyl (C=O) groups excluding carboxylic acids is 2. The molecule has 0 spiro atoms. The number of anilines is 1. The lowest BCUT2D eigenvalue weighted by Gasteiger charge is -2.34. The first kappa shape index (κ1) is 36.0. The number of hydrogen-bond acceptors (Lipinski definition) is 8. The number of ketones is 1. The smallest absolute Gasteiger partial charge is 0.227 e. The summed E-state index contributed by atoms with van der Waals surface area (Å²) in [4.78, 5) is 31.1. The van der Waals surface area contributed by atoms with Crippen LogP contribution in [0.25, 0.3) is 21.7 Å². The molecule has 5 rings (SSSR count). The normalized spacial score (nSPS) is 33.0. The standard InChI is InChI=1S/C38H54N2O8/c1-17-11-9-12-18(2)37(47)40-30-25-20(4)16-39-29(25)26-27(34(30)45)33(44)23(7)35-28(26)36(46)38(8,48-35)14-10-13-24(41)21(5)32(43)22(6)31(42)19(3)15-17/h16-19,21-22,24,31-32,39,41-45H,9-15H2,1-8H3,(H,40,47)/t17-,18?,19+,21+,22+,24-,31+,32+,38+/m0/s1. The van der Waals surface area contributed by atoms with Crippen molar-refractivity contribution in [1.82, 2.24) is 4.98 Å². The fourth-order valence-electron chi connectivity index (χ4n) is 8.15. The molecular weight excluding hydrogens is 612 g/mol. The van der Waals surface area contributed by atoms with Gasteiger partial charge >= 0.3 is 0 Å². The lowest BCUT2D eigenvalue weighted by molar-refractivity contribution is -0.119. The van der Waals surface area contributed by atoms with Crippen LogP contribution in [0.15, 0.2) is 6.20 Å². The lowest BCUT2D eigenvalue weighted by Crippen LogP contribution is -2.42. The summed E-state index contributed by atoms with van der Waals surface area (Å²) in [7, 11) is 0. The van der Waals surface area contributed by atoms with Crippen molar-refractivity contribution < 1.29 is 39.9 Å². The van der Waals surface area contributed by atoms with E-state index in [0.29, 0.717) is 41.1 Å². The number of Topliss-reactive ketones (excluding diaryl/α,β-unsaturated/α-hetero) is 1. The van der Waals surface area contributed by atoms with Crippen LogP contribution in [0.4, 0.5) is 5.69 Å². The number of aliphatic hydroxyl groups is 3. The summed E-state index contributed by atoms with van der Waals surface area (Å²) in [5.74, 6) is -1.99. The molecule has 2 aliphatic rings. The van der Waals surface area contributed by atoms with E-state index in [4.69, 9.17) is 4.74 Å². The molecule has 5 bridgehead atoms. The Balaban J connectivity index is 1.59. The van der Waals surface area contributed by atoms with E-state index in [1.807, 2.05) is 27.7 Å². The van der Waals surface area contributed by atoms with E-state index < -0.39 is 35.7 Å². The Hall–Kier alpha value is -3.34. The molecule has 2 aliphatic heterocycles. The van der Waals surface area contributed by atoms with Crippen LogP contribution < -0.4 is 10.1 Å². The number of aromatic hydroxyl groups is 2. The van der Waals surface area contributed by atoms with E-state index in [-0.39, 0.29) is 69.8 Å². The van der Waals surface area contributed by atoms with Gasteiger partial charge in [0.15, 0.2) is 11.4 Å². The summed E-state index contributed by atoms with van der Waals surface area (Å²) in [6.07, 6.45) is 3.20. The van der Waals surface area contributed by atoms with Crippen molar-refractivity contribution in [3.8, 4) is 17.2 Å². The third kappa shape index (κ3) is 6.16. The zero-order chi connectivity index (χ0) is 35.4. The Morgan fingerprint density at radius 2 is 1.54 bits per heavy atom. The number of H-pyrrole nitrogens is 1. The average Bonchev–Trinajstić information content (AvgIpc) is 3.55. The third-order valence-corrected chi connectivity index (χ3v) is 11.5. The number of fused-ring (bicyclic) bond motifs is 4. The second kappa shape index (κ2) is 13.5. The predicted molar refractivity (Wildman–Crippen MR) is 187 cm³/mol. The monoisotopic (exact) mass is 666 g/mol. The molecule has 1 amide bonds. The molecule has 264 valence electrons. The van der Waals surface area contributed by atoms with Gasteiger partial charge < -0.3 is 40.6 Å². The van der Waals surface area contributed by atoms with Crippen LogP contribution in [0.1, 0.15) is 108 Å². The third-order valence-electron chi connectivity index (χ3n) is 11.5. The van der Waals surface area contributed by atoms with Gasteiger partial charge in [-0.15, -0.1) is 0 Å². The Morgan fingerprint density at radius 3 is 2.23 bits per heavy atom. The molecule has 0 radical (unpaired) electrons. The summed E-state index contributed by atoms with van der Waals surface area (Å²) < 4.78 is 6.35. The predicted octanol–water partition coefficient (Wildman–Crippen LogP) is 6.63. The van der Waals surface area contributed by atoms with Crippen molar-refractivity contribution >= 4 is 39.1 Å². The van der Waals surface area contributed by atoms with Gasteiger partial charge in [0, 0.05) is 40.3 Å². The maximum absolute atomic E-state index is 14.3. The highest BCUT2D eigenvalue weighted by atomic mass is 16.5. The van der Waals surface area contributed by atoms with Gasteiger partial charge in [0.25, 0.3) is 0 Å². The molecule has 2 aromatic carbocycles. The van der Waals surface area contributed by atoms with Gasteiger partial charge in [-0.25, -0.2) is 0 Å². The number of amides is 1. The number of benzene rings is 2. The van der Waals surface area contributed by atoms with Crippen molar-refractivity contribution in [1.29, 1.82) is 0 Å². The molecule has 0 fully saturated rings. The van der Waals surface area contributed by atoms with Crippen molar-refractivity contribution in [2.24, 2.45) is 29.6 Å². The highest BCUT2D eigenvalue weighted by Crippen LogP contribution is 2.54. The molecule has 1 unspecified atom stereocenters. The van der Waals surface area contributed by atoms with E-state index in [2.05, 4.69) is 17.2 Å². The number of aliphatic hydroxyl groups excluding tert-OH is 3. The zero-order valence-electron chi connectivity index (χ0n) is 29.6. The minimum absolute atomic E-state index is 0.0664. The SMILES string of the molecule is Cc1c2c3c4c(c1O)c(O)c(c1c(C)c[nH]c14)NC(=O)C(C)CCC[C@H](C)C[C@@H](C)[C@@H](O)[C@@H](C)[C@H](O)[C@H](C)[C@@H](O)CCC[C@@](C)(O2)C3=O. The molecule has 48 heavy (non-hydrogen) atoms. The van der Waals surface area contributed by atoms with Gasteiger partial charge in [0.1, 0.15) is 11.5 Å². The molecule has 10 heteroatoms. The first-order valence-electron chi connectivity index (χ1n) is 17.6. The number of aromatic amines is 1. The van der Waals surface area contributed by atoms with E-state index in [1.165, 1.54) is 0 Å². The maximum atomic E-state index is 14.3. The molecule has 0 aliphatic carbocycles. The van der Waals surface area contributed by atoms with Gasteiger partial charge in [-0.05, 0) is 70.3 Å². The first-order chi connectivity index (χ1) is 22.5. The summed E-state index contributed by atoms with van der Waals surface area (Å²) in [5.41, 5.74) is 0.687. The molecular formula is C38H54N2O8. The zero-order valence-corrected chi connectivity index (χ0v) is 29.6. The highest BCUT2D eigenvalue weighted by molar-refractivity contribution is 6.28. The van der Waals surface area contributed by atoms with E-state index in [9.17, 15) is 35.1 Å². The van der Waals surface area contributed by atoms with Crippen LogP contribution in [-0.2, 0) is 4.79 Å². The molecule has 0 saturated heterocycles. The molecule has 9 atom stereocenters. The summed E-state index contributed by atoms with van der Waals surface area (Å²) in [6.45, 7) is 14.7. The average molecular weight is 667 g/mol. The summed E-state index contributed by atoms with van der Waals surface area (Å²) in [6, 6.07) is 0. The summed E-state index contributed by atoms with van der Waals surface area (Å²) in [5, 5.41) is 60.5. The quantitative estimate of drug-likeness (QED) is 0.131. The van der Waals surface area contributed by atoms with Gasteiger partial charge in [-0.2, -0.15) is 0 Å². The van der Waals surface area contributed by atoms with Crippen LogP contribution in [0.5, 0.6) is 17.2 Å². The minimum atomic E-state index is -1.30. The van der Waals surface area contributed by atoms with Crippen molar-refractivity contribution in [3.63, 3.8) is 0 Å². The minimum Gasteiger partial charge on any atom is -0.507 e. The molecule has 3 aromatic rings.